The Morgan fingerprint density at radius 3 is 2.68 bits per heavy atom. The number of aryl methyl sites for hydroxylation is 1. The van der Waals surface area contributed by atoms with Crippen molar-refractivity contribution < 1.29 is 14.4 Å². The number of rotatable bonds is 5. The van der Waals surface area contributed by atoms with Crippen LogP contribution in [0.15, 0.2) is 46.9 Å². The molecule has 1 aliphatic heterocycles. The lowest BCUT2D eigenvalue weighted by Crippen LogP contribution is -2.35. The van der Waals surface area contributed by atoms with E-state index in [0.717, 1.165) is 22.1 Å². The zero-order chi connectivity index (χ0) is 20.3. The minimum absolute atomic E-state index is 0.0682. The molecule has 3 rings (SSSR count). The van der Waals surface area contributed by atoms with Crippen LogP contribution in [0, 0.1) is 6.92 Å². The fraction of sp³-hybridized carbons (Fsp3) is 0.286. The van der Waals surface area contributed by atoms with Crippen LogP contribution in [-0.4, -0.2) is 42.8 Å². The summed E-state index contributed by atoms with van der Waals surface area (Å²) in [5.74, 6) is -0.467. The fourth-order valence-corrected chi connectivity index (χ4v) is 3.67. The SMILES string of the molecule is Cc1cc(Br)ccc1NC(=O)CN(C)C(=O)c1cccc(N2CCCC2=O)c1. The topological polar surface area (TPSA) is 69.7 Å². The first kappa shape index (κ1) is 20.1. The zero-order valence-electron chi connectivity index (χ0n) is 15.9. The number of nitrogens with zero attached hydrogens (tertiary/aromatic N) is 2. The van der Waals surface area contributed by atoms with E-state index in [4.69, 9.17) is 0 Å². The lowest BCUT2D eigenvalue weighted by atomic mass is 10.1. The molecule has 0 aromatic heterocycles. The Morgan fingerprint density at radius 1 is 1.21 bits per heavy atom. The summed E-state index contributed by atoms with van der Waals surface area (Å²) in [6, 6.07) is 12.6. The molecule has 6 nitrogen and oxygen atoms in total. The first-order valence-electron chi connectivity index (χ1n) is 9.07. The molecule has 0 spiro atoms. The summed E-state index contributed by atoms with van der Waals surface area (Å²) in [5.41, 5.74) is 2.81. The number of hydrogen-bond acceptors (Lipinski definition) is 3. The number of nitrogens with one attached hydrogen (secondary N) is 1. The van der Waals surface area contributed by atoms with Gasteiger partial charge in [-0.1, -0.05) is 22.0 Å². The molecule has 1 aliphatic rings. The van der Waals surface area contributed by atoms with Gasteiger partial charge in [-0.15, -0.1) is 0 Å². The normalized spacial score (nSPS) is 13.5. The van der Waals surface area contributed by atoms with Gasteiger partial charge in [0, 0.05) is 41.4 Å². The second-order valence-electron chi connectivity index (χ2n) is 6.87. The van der Waals surface area contributed by atoms with Crippen molar-refractivity contribution >= 4 is 45.0 Å². The standard InChI is InChI=1S/C21H22BrN3O3/c1-14-11-16(22)8-9-18(14)23-19(26)13-24(2)21(28)15-5-3-6-17(12-15)25-10-4-7-20(25)27/h3,5-6,8-9,11-12H,4,7,10,13H2,1-2H3,(H,23,26). The summed E-state index contributed by atoms with van der Waals surface area (Å²) in [7, 11) is 1.59. The van der Waals surface area contributed by atoms with Gasteiger partial charge >= 0.3 is 0 Å². The number of amides is 3. The zero-order valence-corrected chi connectivity index (χ0v) is 17.5. The van der Waals surface area contributed by atoms with Crippen molar-refractivity contribution in [3.8, 4) is 0 Å². The van der Waals surface area contributed by atoms with Crippen LogP contribution < -0.4 is 10.2 Å². The summed E-state index contributed by atoms with van der Waals surface area (Å²) >= 11 is 3.39. The highest BCUT2D eigenvalue weighted by Crippen LogP contribution is 2.23. The number of hydrogen-bond donors (Lipinski definition) is 1. The lowest BCUT2D eigenvalue weighted by Gasteiger charge is -2.20. The van der Waals surface area contributed by atoms with Gasteiger partial charge in [-0.2, -0.15) is 0 Å². The number of anilines is 2. The van der Waals surface area contributed by atoms with E-state index in [1.165, 1.54) is 4.90 Å². The Bertz CT molecular complexity index is 929. The number of likely N-dealkylation sites (N-methyl/N-ethyl adjacent to an activating group) is 1. The first-order valence-corrected chi connectivity index (χ1v) is 9.86. The highest BCUT2D eigenvalue weighted by atomic mass is 79.9. The summed E-state index contributed by atoms with van der Waals surface area (Å²) < 4.78 is 0.937. The van der Waals surface area contributed by atoms with Crippen LogP contribution in [0.5, 0.6) is 0 Å². The average molecular weight is 444 g/mol. The summed E-state index contributed by atoms with van der Waals surface area (Å²) in [6.45, 7) is 2.50. The molecule has 0 atom stereocenters. The predicted octanol–water partition coefficient (Wildman–Crippen LogP) is 3.60. The second kappa shape index (κ2) is 8.56. The maximum atomic E-state index is 12.7. The third-order valence-corrected chi connectivity index (χ3v) is 5.16. The van der Waals surface area contributed by atoms with Crippen LogP contribution >= 0.6 is 15.9 Å². The van der Waals surface area contributed by atoms with Gasteiger partial charge in [0.2, 0.25) is 11.8 Å². The van der Waals surface area contributed by atoms with E-state index in [1.807, 2.05) is 31.2 Å². The Kier molecular flexibility index (Phi) is 6.14. The molecule has 1 N–H and O–H groups in total. The number of carbonyl (C=O) groups excluding carboxylic acids is 3. The highest BCUT2D eigenvalue weighted by molar-refractivity contribution is 9.10. The smallest absolute Gasteiger partial charge is 0.254 e. The molecule has 2 aromatic carbocycles. The molecular formula is C21H22BrN3O3. The Labute approximate surface area is 172 Å². The van der Waals surface area contributed by atoms with E-state index in [-0.39, 0.29) is 24.3 Å². The van der Waals surface area contributed by atoms with Crippen molar-refractivity contribution in [3.05, 3.63) is 58.1 Å². The van der Waals surface area contributed by atoms with Crippen LogP contribution in [-0.2, 0) is 9.59 Å². The van der Waals surface area contributed by atoms with E-state index >= 15 is 0 Å². The summed E-state index contributed by atoms with van der Waals surface area (Å²) in [5, 5.41) is 2.83. The van der Waals surface area contributed by atoms with E-state index in [0.29, 0.717) is 24.2 Å². The van der Waals surface area contributed by atoms with Gasteiger partial charge in [0.15, 0.2) is 0 Å². The number of carbonyl (C=O) groups is 3. The number of benzene rings is 2. The van der Waals surface area contributed by atoms with Gasteiger partial charge in [0.1, 0.15) is 0 Å². The lowest BCUT2D eigenvalue weighted by molar-refractivity contribution is -0.117. The summed E-state index contributed by atoms with van der Waals surface area (Å²) in [6.07, 6.45) is 1.36. The van der Waals surface area contributed by atoms with Crippen molar-refractivity contribution in [3.63, 3.8) is 0 Å². The molecule has 0 radical (unpaired) electrons. The second-order valence-corrected chi connectivity index (χ2v) is 7.78. The van der Waals surface area contributed by atoms with E-state index in [2.05, 4.69) is 21.2 Å². The highest BCUT2D eigenvalue weighted by Gasteiger charge is 2.23. The van der Waals surface area contributed by atoms with Crippen molar-refractivity contribution in [2.45, 2.75) is 19.8 Å². The van der Waals surface area contributed by atoms with E-state index in [1.54, 1.807) is 30.1 Å². The molecule has 2 aromatic rings. The van der Waals surface area contributed by atoms with Crippen molar-refractivity contribution in [1.29, 1.82) is 0 Å². The molecule has 0 aliphatic carbocycles. The van der Waals surface area contributed by atoms with Gasteiger partial charge in [0.05, 0.1) is 6.54 Å². The van der Waals surface area contributed by atoms with Gasteiger partial charge in [-0.3, -0.25) is 14.4 Å². The predicted molar refractivity (Wildman–Crippen MR) is 112 cm³/mol. The van der Waals surface area contributed by atoms with Gasteiger partial charge in [-0.25, -0.2) is 0 Å². The van der Waals surface area contributed by atoms with Crippen LogP contribution in [0.4, 0.5) is 11.4 Å². The quantitative estimate of drug-likeness (QED) is 0.767. The van der Waals surface area contributed by atoms with Gasteiger partial charge in [-0.05, 0) is 55.3 Å². The number of halogens is 1. The Balaban J connectivity index is 1.65. The maximum absolute atomic E-state index is 12.7. The van der Waals surface area contributed by atoms with Crippen molar-refractivity contribution in [2.24, 2.45) is 0 Å². The molecule has 1 heterocycles. The van der Waals surface area contributed by atoms with Gasteiger partial charge < -0.3 is 15.1 Å². The van der Waals surface area contributed by atoms with E-state index in [9.17, 15) is 14.4 Å². The molecule has 1 saturated heterocycles. The summed E-state index contributed by atoms with van der Waals surface area (Å²) in [4.78, 5) is 40.1. The molecule has 7 heteroatoms. The average Bonchev–Trinajstić information content (AvgIpc) is 3.09. The first-order chi connectivity index (χ1) is 13.3. The third kappa shape index (κ3) is 4.59. The van der Waals surface area contributed by atoms with Gasteiger partial charge in [0.25, 0.3) is 5.91 Å². The maximum Gasteiger partial charge on any atom is 0.254 e. The fourth-order valence-electron chi connectivity index (χ4n) is 3.19. The van der Waals surface area contributed by atoms with Crippen molar-refractivity contribution in [1.82, 2.24) is 4.90 Å². The molecule has 28 heavy (non-hydrogen) atoms. The molecule has 0 bridgehead atoms. The van der Waals surface area contributed by atoms with E-state index < -0.39 is 0 Å². The molecule has 0 saturated carbocycles. The van der Waals surface area contributed by atoms with Crippen molar-refractivity contribution in [2.75, 3.05) is 30.4 Å². The largest absolute Gasteiger partial charge is 0.332 e. The molecule has 0 unspecified atom stereocenters. The molecule has 1 fully saturated rings. The minimum atomic E-state index is -0.271. The molecular weight excluding hydrogens is 422 g/mol. The Morgan fingerprint density at radius 2 is 2.00 bits per heavy atom. The minimum Gasteiger partial charge on any atom is -0.332 e. The molecule has 3 amide bonds. The van der Waals surface area contributed by atoms with Crippen LogP contribution in [0.2, 0.25) is 0 Å². The molecule has 146 valence electrons. The monoisotopic (exact) mass is 443 g/mol. The van der Waals surface area contributed by atoms with Crippen LogP contribution in [0.25, 0.3) is 0 Å². The third-order valence-electron chi connectivity index (χ3n) is 4.67. The van der Waals surface area contributed by atoms with Crippen LogP contribution in [0.3, 0.4) is 0 Å². The Hall–Kier alpha value is -2.67. The van der Waals surface area contributed by atoms with Crippen LogP contribution in [0.1, 0.15) is 28.8 Å².